The summed E-state index contributed by atoms with van der Waals surface area (Å²) in [4.78, 5) is 0. The Morgan fingerprint density at radius 2 is 1.64 bits per heavy atom. The molecule has 0 unspecified atom stereocenters. The lowest BCUT2D eigenvalue weighted by molar-refractivity contribution is 0.408. The van der Waals surface area contributed by atoms with Crippen LogP contribution in [-0.4, -0.2) is 21.2 Å². The summed E-state index contributed by atoms with van der Waals surface area (Å²) in [7, 11) is 5.77. The number of nitrogen functional groups attached to an aromatic ring is 1. The average Bonchev–Trinajstić information content (AvgIpc) is 2.65. The normalized spacial score (nSPS) is 11.2. The van der Waals surface area contributed by atoms with E-state index >= 15 is 0 Å². The maximum Gasteiger partial charge on any atom is 0.203 e. The third kappa shape index (κ3) is 2.91. The molecular weight excluding hydrogens is 348 g/mol. The van der Waals surface area contributed by atoms with E-state index in [2.05, 4.69) is 48.8 Å². The third-order valence-corrected chi connectivity index (χ3v) is 5.20. The Morgan fingerprint density at radius 1 is 0.929 bits per heavy atom. The fourth-order valence-electron chi connectivity index (χ4n) is 3.90. The molecule has 4 rings (SSSR count). The summed E-state index contributed by atoms with van der Waals surface area (Å²) in [5, 5.41) is 2.14. The van der Waals surface area contributed by atoms with E-state index in [4.69, 9.17) is 14.9 Å². The molecule has 0 spiro atoms. The van der Waals surface area contributed by atoms with E-state index in [1.807, 2.05) is 32.3 Å². The lowest BCUT2D eigenvalue weighted by Crippen LogP contribution is -2.21. The van der Waals surface area contributed by atoms with Gasteiger partial charge in [0.2, 0.25) is 5.36 Å². The molecule has 0 saturated carbocycles. The zero-order valence-electron chi connectivity index (χ0n) is 17.0. The Morgan fingerprint density at radius 3 is 2.29 bits per heavy atom. The van der Waals surface area contributed by atoms with Crippen LogP contribution in [0.15, 0.2) is 52.9 Å². The molecule has 2 N–H and O–H groups in total. The minimum Gasteiger partial charge on any atom is -0.496 e. The van der Waals surface area contributed by atoms with Crippen molar-refractivity contribution < 1.29 is 9.15 Å². The van der Waals surface area contributed by atoms with E-state index < -0.39 is 0 Å². The molecule has 4 nitrogen and oxygen atoms in total. The van der Waals surface area contributed by atoms with Gasteiger partial charge in [0.25, 0.3) is 0 Å². The lowest BCUT2D eigenvalue weighted by atomic mass is 9.91. The van der Waals surface area contributed by atoms with Gasteiger partial charge in [0.15, 0.2) is 0 Å². The number of benzene rings is 3. The average molecular weight is 373 g/mol. The highest BCUT2D eigenvalue weighted by Crippen LogP contribution is 2.42. The molecule has 2 aromatic rings. The monoisotopic (exact) mass is 373 g/mol. The number of aryl methyl sites for hydroxylation is 2. The zero-order valence-corrected chi connectivity index (χ0v) is 17.0. The van der Waals surface area contributed by atoms with Crippen LogP contribution in [0.5, 0.6) is 5.75 Å². The van der Waals surface area contributed by atoms with Crippen molar-refractivity contribution in [3.05, 3.63) is 65.0 Å². The Bertz CT molecular complexity index is 1220. The van der Waals surface area contributed by atoms with Gasteiger partial charge in [-0.15, -0.1) is 0 Å². The SMILES string of the molecule is COc1c(C)cc(-c2c3ccc(=[N+](C)C)cc-3oc3cc(N)ccc23)cc1C. The Balaban J connectivity index is 2.15. The van der Waals surface area contributed by atoms with Gasteiger partial charge in [-0.1, -0.05) is 0 Å². The number of hydrogen-bond acceptors (Lipinski definition) is 3. The van der Waals surface area contributed by atoms with Gasteiger partial charge in [0.05, 0.1) is 13.2 Å². The standard InChI is InChI=1S/C24H24N2O2/c1-14-10-16(11-15(2)24(14)27-5)23-19-8-6-17(25)12-21(19)28-22-13-18(26(3)4)7-9-20(22)23/h6-13,25H,1-5H3/p+1. The van der Waals surface area contributed by atoms with Crippen molar-refractivity contribution in [3.8, 4) is 28.2 Å². The summed E-state index contributed by atoms with van der Waals surface area (Å²) in [6.07, 6.45) is 0. The van der Waals surface area contributed by atoms with Crippen molar-refractivity contribution in [2.75, 3.05) is 26.9 Å². The minimum absolute atomic E-state index is 0.687. The zero-order chi connectivity index (χ0) is 20.0. The van der Waals surface area contributed by atoms with Crippen LogP contribution in [0.25, 0.3) is 33.4 Å². The number of methoxy groups -OCH3 is 1. The van der Waals surface area contributed by atoms with Crippen LogP contribution in [0.2, 0.25) is 0 Å². The number of anilines is 1. The molecule has 142 valence electrons. The Hall–Kier alpha value is -3.27. The molecule has 1 aliphatic carbocycles. The fourth-order valence-corrected chi connectivity index (χ4v) is 3.90. The van der Waals surface area contributed by atoms with E-state index in [0.29, 0.717) is 5.69 Å². The van der Waals surface area contributed by atoms with Crippen molar-refractivity contribution in [2.45, 2.75) is 13.8 Å². The van der Waals surface area contributed by atoms with Gasteiger partial charge in [-0.25, -0.2) is 4.58 Å². The fraction of sp³-hybridized carbons (Fsp3) is 0.208. The second kappa shape index (κ2) is 6.71. The summed E-state index contributed by atoms with van der Waals surface area (Å²) in [5.41, 5.74) is 13.1. The molecular formula is C24H25N2O2+. The van der Waals surface area contributed by atoms with Crippen LogP contribution >= 0.6 is 0 Å². The molecule has 4 heteroatoms. The number of hydrogen-bond donors (Lipinski definition) is 1. The van der Waals surface area contributed by atoms with Crippen molar-refractivity contribution in [1.82, 2.24) is 4.58 Å². The van der Waals surface area contributed by atoms with E-state index in [-0.39, 0.29) is 0 Å². The second-order valence-electron chi connectivity index (χ2n) is 7.45. The van der Waals surface area contributed by atoms with Crippen LogP contribution in [0.3, 0.4) is 0 Å². The van der Waals surface area contributed by atoms with Gasteiger partial charge in [-0.2, -0.15) is 0 Å². The first-order chi connectivity index (χ1) is 13.4. The van der Waals surface area contributed by atoms with Crippen molar-refractivity contribution in [1.29, 1.82) is 0 Å². The van der Waals surface area contributed by atoms with Crippen LogP contribution in [0.1, 0.15) is 11.1 Å². The molecule has 1 heterocycles. The number of nitrogens with zero attached hydrogens (tertiary/aromatic N) is 1. The van der Waals surface area contributed by atoms with E-state index in [1.54, 1.807) is 7.11 Å². The third-order valence-electron chi connectivity index (χ3n) is 5.20. The van der Waals surface area contributed by atoms with Gasteiger partial charge in [-0.05, 0) is 60.9 Å². The summed E-state index contributed by atoms with van der Waals surface area (Å²) in [6.45, 7) is 4.16. The molecule has 0 radical (unpaired) electrons. The molecule has 0 bridgehead atoms. The number of nitrogens with two attached hydrogens (primary N) is 1. The Labute approximate surface area is 164 Å². The van der Waals surface area contributed by atoms with E-state index in [9.17, 15) is 0 Å². The quantitative estimate of drug-likeness (QED) is 0.321. The molecule has 0 amide bonds. The largest absolute Gasteiger partial charge is 0.496 e. The van der Waals surface area contributed by atoms with Gasteiger partial charge >= 0.3 is 0 Å². The summed E-state index contributed by atoms with van der Waals surface area (Å²) < 4.78 is 13.9. The van der Waals surface area contributed by atoms with Gasteiger partial charge < -0.3 is 14.9 Å². The number of ether oxygens (including phenoxy) is 1. The second-order valence-corrected chi connectivity index (χ2v) is 7.45. The topological polar surface area (TPSA) is 51.4 Å². The number of rotatable bonds is 2. The van der Waals surface area contributed by atoms with Gasteiger partial charge in [0.1, 0.15) is 31.2 Å². The summed E-state index contributed by atoms with van der Waals surface area (Å²) in [6, 6.07) is 16.5. The molecule has 0 fully saturated rings. The minimum atomic E-state index is 0.687. The molecule has 1 aliphatic heterocycles. The lowest BCUT2D eigenvalue weighted by Gasteiger charge is -2.17. The molecule has 2 aromatic carbocycles. The van der Waals surface area contributed by atoms with Crippen LogP contribution in [0, 0.1) is 13.8 Å². The maximum absolute atomic E-state index is 6.25. The summed E-state index contributed by atoms with van der Waals surface area (Å²) >= 11 is 0. The first-order valence-corrected chi connectivity index (χ1v) is 9.31. The molecule has 28 heavy (non-hydrogen) atoms. The Kier molecular flexibility index (Phi) is 4.34. The molecule has 2 aliphatic rings. The smallest absolute Gasteiger partial charge is 0.203 e. The van der Waals surface area contributed by atoms with Crippen LogP contribution < -0.4 is 20.4 Å². The summed E-state index contributed by atoms with van der Waals surface area (Å²) in [5.74, 6) is 1.77. The van der Waals surface area contributed by atoms with E-state index in [0.717, 1.165) is 55.7 Å². The predicted molar refractivity (Wildman–Crippen MR) is 116 cm³/mol. The van der Waals surface area contributed by atoms with Gasteiger partial charge in [0, 0.05) is 34.3 Å². The number of fused-ring (bicyclic) bond motifs is 2. The molecule has 0 aromatic heterocycles. The van der Waals surface area contributed by atoms with Gasteiger partial charge in [-0.3, -0.25) is 0 Å². The van der Waals surface area contributed by atoms with E-state index in [1.165, 1.54) is 0 Å². The molecule has 0 atom stereocenters. The first-order valence-electron chi connectivity index (χ1n) is 9.31. The van der Waals surface area contributed by atoms with Crippen molar-refractivity contribution in [3.63, 3.8) is 0 Å². The van der Waals surface area contributed by atoms with Crippen LogP contribution in [0.4, 0.5) is 5.69 Å². The molecule has 0 saturated heterocycles. The highest BCUT2D eigenvalue weighted by Gasteiger charge is 2.19. The van der Waals surface area contributed by atoms with Crippen molar-refractivity contribution in [2.24, 2.45) is 0 Å². The highest BCUT2D eigenvalue weighted by atomic mass is 16.5. The van der Waals surface area contributed by atoms with Crippen molar-refractivity contribution >= 4 is 16.7 Å². The predicted octanol–water partition coefficient (Wildman–Crippen LogP) is 4.44. The van der Waals surface area contributed by atoms with Crippen LogP contribution in [-0.2, 0) is 0 Å². The maximum atomic E-state index is 6.25. The first kappa shape index (κ1) is 18.1. The highest BCUT2D eigenvalue weighted by molar-refractivity contribution is 6.02.